The molecular weight excluding hydrogens is 238 g/mol. The van der Waals surface area contributed by atoms with E-state index in [1.165, 1.54) is 5.56 Å². The summed E-state index contributed by atoms with van der Waals surface area (Å²) in [6.07, 6.45) is 1.91. The predicted octanol–water partition coefficient (Wildman–Crippen LogP) is 2.38. The van der Waals surface area contributed by atoms with E-state index in [0.29, 0.717) is 18.2 Å². The van der Waals surface area contributed by atoms with Gasteiger partial charge in [0.15, 0.2) is 0 Å². The molecule has 1 aromatic carbocycles. The summed E-state index contributed by atoms with van der Waals surface area (Å²) in [5.74, 6) is 0.468. The number of nitrogens with zero attached hydrogens (tertiary/aromatic N) is 1. The summed E-state index contributed by atoms with van der Waals surface area (Å²) in [6.45, 7) is 0.600. The Kier molecular flexibility index (Phi) is 4.50. The van der Waals surface area contributed by atoms with Crippen LogP contribution < -0.4 is 10.5 Å². The van der Waals surface area contributed by atoms with Crippen LogP contribution in [-0.4, -0.2) is 17.4 Å². The van der Waals surface area contributed by atoms with E-state index in [9.17, 15) is 0 Å². The first-order valence-electron chi connectivity index (χ1n) is 6.24. The fraction of sp³-hybridized carbons (Fsp3) is 0.200. The lowest BCUT2D eigenvalue weighted by atomic mass is 10.1. The molecule has 4 nitrogen and oxygen atoms in total. The lowest BCUT2D eigenvalue weighted by molar-refractivity contribution is 0.299. The third-order valence-electron chi connectivity index (χ3n) is 2.70. The van der Waals surface area contributed by atoms with Crippen LogP contribution in [0.2, 0.25) is 0 Å². The van der Waals surface area contributed by atoms with Crippen molar-refractivity contribution in [2.45, 2.75) is 12.8 Å². The highest BCUT2D eigenvalue weighted by Gasteiger charge is 2.01. The second-order valence-corrected chi connectivity index (χ2v) is 4.21. The van der Waals surface area contributed by atoms with Crippen molar-refractivity contribution in [2.75, 3.05) is 6.61 Å². The second-order valence-electron chi connectivity index (χ2n) is 4.21. The van der Waals surface area contributed by atoms with Crippen molar-refractivity contribution in [3.8, 4) is 5.88 Å². The number of aryl methyl sites for hydroxylation is 1. The number of amidine groups is 1. The van der Waals surface area contributed by atoms with E-state index in [-0.39, 0.29) is 5.84 Å². The Morgan fingerprint density at radius 2 is 1.89 bits per heavy atom. The zero-order valence-corrected chi connectivity index (χ0v) is 10.7. The van der Waals surface area contributed by atoms with E-state index in [4.69, 9.17) is 15.9 Å². The summed E-state index contributed by atoms with van der Waals surface area (Å²) in [6, 6.07) is 15.5. The van der Waals surface area contributed by atoms with Crippen LogP contribution in [0.1, 0.15) is 17.7 Å². The molecule has 0 fully saturated rings. The molecule has 0 unspecified atom stereocenters. The molecule has 0 saturated heterocycles. The Morgan fingerprint density at radius 3 is 2.63 bits per heavy atom. The molecule has 0 saturated carbocycles. The number of nitrogen functional groups attached to an aromatic ring is 1. The van der Waals surface area contributed by atoms with Gasteiger partial charge in [-0.25, -0.2) is 4.98 Å². The Labute approximate surface area is 112 Å². The molecule has 0 spiro atoms. The minimum atomic E-state index is -0.0465. The number of aromatic nitrogens is 1. The molecule has 0 atom stereocenters. The molecule has 0 radical (unpaired) electrons. The molecule has 0 aliphatic heterocycles. The van der Waals surface area contributed by atoms with Crippen LogP contribution in [0.5, 0.6) is 5.88 Å². The lowest BCUT2D eigenvalue weighted by Crippen LogP contribution is -2.13. The fourth-order valence-corrected chi connectivity index (χ4v) is 1.74. The molecule has 3 N–H and O–H groups in total. The van der Waals surface area contributed by atoms with Crippen LogP contribution in [0.3, 0.4) is 0 Å². The standard InChI is InChI=1S/C15H17N3O/c16-15(17)13-9-4-10-14(18-13)19-11-5-8-12-6-2-1-3-7-12/h1-4,6-7,9-10H,5,8,11H2,(H3,16,17). The van der Waals surface area contributed by atoms with Gasteiger partial charge in [0, 0.05) is 6.07 Å². The lowest BCUT2D eigenvalue weighted by Gasteiger charge is -2.06. The van der Waals surface area contributed by atoms with Crippen molar-refractivity contribution in [1.82, 2.24) is 4.98 Å². The van der Waals surface area contributed by atoms with E-state index in [0.717, 1.165) is 12.8 Å². The molecule has 1 heterocycles. The summed E-state index contributed by atoms with van der Waals surface area (Å²) >= 11 is 0. The molecule has 0 amide bonds. The van der Waals surface area contributed by atoms with Crippen LogP contribution in [0.4, 0.5) is 0 Å². The molecular formula is C15H17N3O. The Morgan fingerprint density at radius 1 is 1.11 bits per heavy atom. The van der Waals surface area contributed by atoms with Gasteiger partial charge in [-0.1, -0.05) is 36.4 Å². The van der Waals surface area contributed by atoms with Crippen LogP contribution in [-0.2, 0) is 6.42 Å². The summed E-state index contributed by atoms with van der Waals surface area (Å²) in [7, 11) is 0. The molecule has 0 aliphatic carbocycles. The molecule has 98 valence electrons. The number of ether oxygens (including phenoxy) is 1. The van der Waals surface area contributed by atoms with E-state index in [1.807, 2.05) is 18.2 Å². The molecule has 1 aromatic heterocycles. The zero-order chi connectivity index (χ0) is 13.5. The first kappa shape index (κ1) is 13.1. The Hall–Kier alpha value is -2.36. The van der Waals surface area contributed by atoms with Gasteiger partial charge < -0.3 is 10.5 Å². The van der Waals surface area contributed by atoms with Gasteiger partial charge in [-0.3, -0.25) is 5.41 Å². The average molecular weight is 255 g/mol. The maximum Gasteiger partial charge on any atom is 0.213 e. The van der Waals surface area contributed by atoms with E-state index in [2.05, 4.69) is 17.1 Å². The minimum Gasteiger partial charge on any atom is -0.478 e. The number of hydrogen-bond acceptors (Lipinski definition) is 3. The monoisotopic (exact) mass is 255 g/mol. The number of rotatable bonds is 6. The fourth-order valence-electron chi connectivity index (χ4n) is 1.74. The summed E-state index contributed by atoms with van der Waals surface area (Å²) in [4.78, 5) is 4.15. The van der Waals surface area contributed by atoms with Crippen LogP contribution >= 0.6 is 0 Å². The first-order valence-corrected chi connectivity index (χ1v) is 6.24. The maximum atomic E-state index is 7.32. The Balaban J connectivity index is 1.80. The quantitative estimate of drug-likeness (QED) is 0.473. The number of pyridine rings is 1. The number of benzene rings is 1. The van der Waals surface area contributed by atoms with Gasteiger partial charge in [0.1, 0.15) is 11.5 Å². The summed E-state index contributed by atoms with van der Waals surface area (Å²) < 4.78 is 5.56. The van der Waals surface area contributed by atoms with Gasteiger partial charge in [-0.15, -0.1) is 0 Å². The third-order valence-corrected chi connectivity index (χ3v) is 2.70. The van der Waals surface area contributed by atoms with Crippen LogP contribution in [0.25, 0.3) is 0 Å². The van der Waals surface area contributed by atoms with Crippen molar-refractivity contribution in [1.29, 1.82) is 5.41 Å². The van der Waals surface area contributed by atoms with Crippen molar-refractivity contribution in [2.24, 2.45) is 5.73 Å². The Bertz CT molecular complexity index is 540. The van der Waals surface area contributed by atoms with Gasteiger partial charge >= 0.3 is 0 Å². The van der Waals surface area contributed by atoms with Crippen molar-refractivity contribution in [3.63, 3.8) is 0 Å². The van der Waals surface area contributed by atoms with Gasteiger partial charge in [-0.2, -0.15) is 0 Å². The van der Waals surface area contributed by atoms with Crippen molar-refractivity contribution in [3.05, 3.63) is 59.8 Å². The molecule has 0 bridgehead atoms. The number of nitrogens with one attached hydrogen (secondary N) is 1. The van der Waals surface area contributed by atoms with Gasteiger partial charge in [-0.05, 0) is 24.5 Å². The van der Waals surface area contributed by atoms with Crippen LogP contribution in [0.15, 0.2) is 48.5 Å². The highest BCUT2D eigenvalue weighted by molar-refractivity contribution is 5.93. The molecule has 0 aliphatic rings. The predicted molar refractivity (Wildman–Crippen MR) is 75.5 cm³/mol. The minimum absolute atomic E-state index is 0.0465. The molecule has 2 rings (SSSR count). The molecule has 4 heteroatoms. The first-order chi connectivity index (χ1) is 9.25. The normalized spacial score (nSPS) is 10.1. The SMILES string of the molecule is N=C(N)c1cccc(OCCCc2ccccc2)n1. The smallest absolute Gasteiger partial charge is 0.213 e. The molecule has 19 heavy (non-hydrogen) atoms. The number of nitrogens with two attached hydrogens (primary N) is 1. The van der Waals surface area contributed by atoms with Gasteiger partial charge in [0.25, 0.3) is 0 Å². The van der Waals surface area contributed by atoms with E-state index >= 15 is 0 Å². The second kappa shape index (κ2) is 6.54. The maximum absolute atomic E-state index is 7.32. The summed E-state index contributed by atoms with van der Waals surface area (Å²) in [5, 5.41) is 7.32. The highest BCUT2D eigenvalue weighted by Crippen LogP contribution is 2.08. The molecule has 2 aromatic rings. The number of hydrogen-bond donors (Lipinski definition) is 2. The van der Waals surface area contributed by atoms with Gasteiger partial charge in [0.05, 0.1) is 6.61 Å². The highest BCUT2D eigenvalue weighted by atomic mass is 16.5. The summed E-state index contributed by atoms with van der Waals surface area (Å²) in [5.41, 5.74) is 7.13. The van der Waals surface area contributed by atoms with E-state index < -0.39 is 0 Å². The largest absolute Gasteiger partial charge is 0.478 e. The zero-order valence-electron chi connectivity index (χ0n) is 10.7. The third kappa shape index (κ3) is 4.10. The van der Waals surface area contributed by atoms with Crippen molar-refractivity contribution < 1.29 is 4.74 Å². The van der Waals surface area contributed by atoms with Crippen molar-refractivity contribution >= 4 is 5.84 Å². The topological polar surface area (TPSA) is 72.0 Å². The van der Waals surface area contributed by atoms with Gasteiger partial charge in [0.2, 0.25) is 5.88 Å². The van der Waals surface area contributed by atoms with E-state index in [1.54, 1.807) is 18.2 Å². The average Bonchev–Trinajstić information content (AvgIpc) is 2.45. The van der Waals surface area contributed by atoms with Crippen LogP contribution in [0, 0.1) is 5.41 Å².